The van der Waals surface area contributed by atoms with Gasteiger partial charge in [-0.25, -0.2) is 9.97 Å². The molecule has 0 radical (unpaired) electrons. The van der Waals surface area contributed by atoms with Gasteiger partial charge in [-0.1, -0.05) is 0 Å². The fourth-order valence-corrected chi connectivity index (χ4v) is 1.94. The van der Waals surface area contributed by atoms with Gasteiger partial charge in [-0.15, -0.1) is 0 Å². The van der Waals surface area contributed by atoms with Crippen LogP contribution in [0.3, 0.4) is 0 Å². The number of aromatic nitrogens is 2. The Kier molecular flexibility index (Phi) is 3.75. The Morgan fingerprint density at radius 2 is 2.11 bits per heavy atom. The molecule has 2 aromatic heterocycles. The van der Waals surface area contributed by atoms with E-state index in [0.717, 1.165) is 11.9 Å². The van der Waals surface area contributed by atoms with E-state index in [1.54, 1.807) is 19.1 Å². The molecule has 0 aliphatic carbocycles. The summed E-state index contributed by atoms with van der Waals surface area (Å²) in [5.74, 6) is 0.826. The number of hydrogen-bond acceptors (Lipinski definition) is 5. The molecule has 0 spiro atoms. The summed E-state index contributed by atoms with van der Waals surface area (Å²) in [6.07, 6.45) is 1.16. The van der Waals surface area contributed by atoms with E-state index in [1.165, 1.54) is 6.07 Å². The van der Waals surface area contributed by atoms with Gasteiger partial charge in [0.1, 0.15) is 10.8 Å². The Labute approximate surface area is 117 Å². The lowest BCUT2D eigenvalue weighted by Crippen LogP contribution is -1.96. The van der Waals surface area contributed by atoms with Crippen LogP contribution in [0, 0.1) is 24.0 Å². The summed E-state index contributed by atoms with van der Waals surface area (Å²) < 4.78 is 6.15. The van der Waals surface area contributed by atoms with Crippen molar-refractivity contribution in [3.63, 3.8) is 0 Å². The summed E-state index contributed by atoms with van der Waals surface area (Å²) in [6, 6.07) is 4.98. The SMILES string of the molecule is Cc1ccc(Oc2ncc([N+](=O)[O-])cc2C)c(Br)n1. The molecule has 2 heterocycles. The lowest BCUT2D eigenvalue weighted by atomic mass is 10.3. The maximum atomic E-state index is 10.6. The van der Waals surface area contributed by atoms with Gasteiger partial charge < -0.3 is 4.74 Å². The number of rotatable bonds is 3. The Balaban J connectivity index is 2.31. The van der Waals surface area contributed by atoms with Gasteiger partial charge in [0, 0.05) is 17.3 Å². The average Bonchev–Trinajstić information content (AvgIpc) is 2.34. The predicted octanol–water partition coefficient (Wildman–Crippen LogP) is 3.56. The number of nitrogens with zero attached hydrogens (tertiary/aromatic N) is 3. The van der Waals surface area contributed by atoms with Crippen molar-refractivity contribution in [2.45, 2.75) is 13.8 Å². The second-order valence-electron chi connectivity index (χ2n) is 3.92. The zero-order valence-corrected chi connectivity index (χ0v) is 11.8. The number of halogens is 1. The Morgan fingerprint density at radius 3 is 2.68 bits per heavy atom. The number of aryl methyl sites for hydroxylation is 2. The minimum atomic E-state index is -0.493. The van der Waals surface area contributed by atoms with Crippen molar-refractivity contribution in [3.05, 3.63) is 50.4 Å². The van der Waals surface area contributed by atoms with E-state index in [4.69, 9.17) is 4.74 Å². The van der Waals surface area contributed by atoms with Crippen molar-refractivity contribution in [2.24, 2.45) is 0 Å². The van der Waals surface area contributed by atoms with Crippen LogP contribution in [0.1, 0.15) is 11.3 Å². The molecule has 0 bridgehead atoms. The largest absolute Gasteiger partial charge is 0.436 e. The number of pyridine rings is 2. The summed E-state index contributed by atoms with van der Waals surface area (Å²) in [4.78, 5) is 18.3. The molecule has 0 aromatic carbocycles. The first-order valence-electron chi connectivity index (χ1n) is 5.39. The van der Waals surface area contributed by atoms with Crippen LogP contribution in [0.2, 0.25) is 0 Å². The summed E-state index contributed by atoms with van der Waals surface area (Å²) in [7, 11) is 0. The van der Waals surface area contributed by atoms with E-state index in [0.29, 0.717) is 21.8 Å². The van der Waals surface area contributed by atoms with E-state index >= 15 is 0 Å². The minimum Gasteiger partial charge on any atom is -0.436 e. The first-order valence-corrected chi connectivity index (χ1v) is 6.18. The van der Waals surface area contributed by atoms with Crippen molar-refractivity contribution < 1.29 is 9.66 Å². The lowest BCUT2D eigenvalue weighted by Gasteiger charge is -2.08. The average molecular weight is 324 g/mol. The molecular formula is C12H10BrN3O3. The van der Waals surface area contributed by atoms with Gasteiger partial charge in [-0.05, 0) is 41.9 Å². The van der Waals surface area contributed by atoms with Crippen LogP contribution in [-0.2, 0) is 0 Å². The Hall–Kier alpha value is -2.02. The Morgan fingerprint density at radius 1 is 1.37 bits per heavy atom. The fraction of sp³-hybridized carbons (Fsp3) is 0.167. The van der Waals surface area contributed by atoms with Crippen LogP contribution in [0.4, 0.5) is 5.69 Å². The Bertz CT molecular complexity index is 646. The molecule has 7 heteroatoms. The molecule has 0 aliphatic rings. The van der Waals surface area contributed by atoms with Gasteiger partial charge in [-0.2, -0.15) is 0 Å². The number of ether oxygens (including phenoxy) is 1. The van der Waals surface area contributed by atoms with Gasteiger partial charge in [0.15, 0.2) is 5.75 Å². The number of hydrogen-bond donors (Lipinski definition) is 0. The molecule has 0 fully saturated rings. The van der Waals surface area contributed by atoms with Crippen LogP contribution >= 0.6 is 15.9 Å². The van der Waals surface area contributed by atoms with Crippen molar-refractivity contribution in [1.29, 1.82) is 0 Å². The van der Waals surface area contributed by atoms with Gasteiger partial charge in [0.05, 0.1) is 4.92 Å². The number of nitro groups is 1. The predicted molar refractivity (Wildman–Crippen MR) is 72.4 cm³/mol. The fourth-order valence-electron chi connectivity index (χ4n) is 1.45. The molecule has 0 atom stereocenters. The van der Waals surface area contributed by atoms with E-state index in [1.807, 2.05) is 6.92 Å². The van der Waals surface area contributed by atoms with E-state index in [2.05, 4.69) is 25.9 Å². The quantitative estimate of drug-likeness (QED) is 0.490. The van der Waals surface area contributed by atoms with Crippen LogP contribution in [0.15, 0.2) is 29.0 Å². The van der Waals surface area contributed by atoms with Gasteiger partial charge >= 0.3 is 0 Å². The molecule has 0 saturated carbocycles. The zero-order chi connectivity index (χ0) is 14.0. The van der Waals surface area contributed by atoms with Crippen LogP contribution in [0.25, 0.3) is 0 Å². The molecule has 0 unspecified atom stereocenters. The van der Waals surface area contributed by atoms with Crippen molar-refractivity contribution in [3.8, 4) is 11.6 Å². The highest BCUT2D eigenvalue weighted by Crippen LogP contribution is 2.29. The van der Waals surface area contributed by atoms with Crippen molar-refractivity contribution in [1.82, 2.24) is 9.97 Å². The second kappa shape index (κ2) is 5.31. The van der Waals surface area contributed by atoms with Gasteiger partial charge in [0.2, 0.25) is 5.88 Å². The summed E-state index contributed by atoms with van der Waals surface area (Å²) in [6.45, 7) is 3.56. The highest BCUT2D eigenvalue weighted by Gasteiger charge is 2.12. The zero-order valence-electron chi connectivity index (χ0n) is 10.3. The molecule has 2 aromatic rings. The first kappa shape index (κ1) is 13.4. The standard InChI is InChI=1S/C12H10BrN3O3/c1-7-5-9(16(17)18)6-14-12(7)19-10-4-3-8(2)15-11(10)13/h3-6H,1-2H3. The normalized spacial score (nSPS) is 10.3. The third-order valence-electron chi connectivity index (χ3n) is 2.39. The van der Waals surface area contributed by atoms with Crippen molar-refractivity contribution >= 4 is 21.6 Å². The topological polar surface area (TPSA) is 78.2 Å². The molecule has 0 saturated heterocycles. The van der Waals surface area contributed by atoms with E-state index < -0.39 is 4.92 Å². The summed E-state index contributed by atoms with van der Waals surface area (Å²) in [5.41, 5.74) is 1.38. The molecule has 2 rings (SSSR count). The molecule has 0 aliphatic heterocycles. The first-order chi connectivity index (χ1) is 8.97. The highest BCUT2D eigenvalue weighted by atomic mass is 79.9. The summed E-state index contributed by atoms with van der Waals surface area (Å²) >= 11 is 3.29. The molecule has 0 amide bonds. The minimum absolute atomic E-state index is 0.0639. The summed E-state index contributed by atoms with van der Waals surface area (Å²) in [5, 5.41) is 10.6. The molecule has 98 valence electrons. The molecule has 6 nitrogen and oxygen atoms in total. The van der Waals surface area contributed by atoms with Crippen molar-refractivity contribution in [2.75, 3.05) is 0 Å². The monoisotopic (exact) mass is 323 g/mol. The lowest BCUT2D eigenvalue weighted by molar-refractivity contribution is -0.385. The highest BCUT2D eigenvalue weighted by molar-refractivity contribution is 9.10. The smallest absolute Gasteiger partial charge is 0.288 e. The third kappa shape index (κ3) is 3.05. The third-order valence-corrected chi connectivity index (χ3v) is 2.96. The van der Waals surface area contributed by atoms with E-state index in [-0.39, 0.29) is 5.69 Å². The second-order valence-corrected chi connectivity index (χ2v) is 4.67. The van der Waals surface area contributed by atoms with Gasteiger partial charge in [-0.3, -0.25) is 10.1 Å². The van der Waals surface area contributed by atoms with Crippen LogP contribution in [-0.4, -0.2) is 14.9 Å². The molecule has 19 heavy (non-hydrogen) atoms. The van der Waals surface area contributed by atoms with Crippen LogP contribution < -0.4 is 4.74 Å². The molecule has 0 N–H and O–H groups in total. The maximum Gasteiger partial charge on any atom is 0.288 e. The van der Waals surface area contributed by atoms with Gasteiger partial charge in [0.25, 0.3) is 5.69 Å². The van der Waals surface area contributed by atoms with Crippen LogP contribution in [0.5, 0.6) is 11.6 Å². The van der Waals surface area contributed by atoms with E-state index in [9.17, 15) is 10.1 Å². The molecular weight excluding hydrogens is 314 g/mol. The maximum absolute atomic E-state index is 10.6.